The highest BCUT2D eigenvalue weighted by Crippen LogP contribution is 2.22. The minimum absolute atomic E-state index is 0.384. The van der Waals surface area contributed by atoms with E-state index < -0.39 is 5.97 Å². The molecule has 4 heteroatoms. The SMILES string of the molecule is COc1ccccc1C(=O)Oc1ccc(OCc2ccccc2)cc1. The van der Waals surface area contributed by atoms with Gasteiger partial charge in [0, 0.05) is 0 Å². The summed E-state index contributed by atoms with van der Waals surface area (Å²) in [4.78, 5) is 12.3. The number of carbonyl (C=O) groups excluding carboxylic acids is 1. The first-order valence-electron chi connectivity index (χ1n) is 7.88. The number of rotatable bonds is 6. The third kappa shape index (κ3) is 4.38. The van der Waals surface area contributed by atoms with E-state index in [1.165, 1.54) is 7.11 Å². The maximum atomic E-state index is 12.3. The van der Waals surface area contributed by atoms with Crippen LogP contribution in [0.1, 0.15) is 15.9 Å². The van der Waals surface area contributed by atoms with Crippen LogP contribution in [0.3, 0.4) is 0 Å². The van der Waals surface area contributed by atoms with Crippen molar-refractivity contribution in [1.82, 2.24) is 0 Å². The molecule has 0 spiro atoms. The number of esters is 1. The van der Waals surface area contributed by atoms with Crippen LogP contribution in [0.5, 0.6) is 17.2 Å². The topological polar surface area (TPSA) is 44.8 Å². The molecule has 3 aromatic carbocycles. The summed E-state index contributed by atoms with van der Waals surface area (Å²) >= 11 is 0. The van der Waals surface area contributed by atoms with Crippen LogP contribution in [0.25, 0.3) is 0 Å². The molecule has 0 N–H and O–H groups in total. The Morgan fingerprint density at radius 3 is 2.16 bits per heavy atom. The van der Waals surface area contributed by atoms with Gasteiger partial charge in [0.15, 0.2) is 0 Å². The van der Waals surface area contributed by atoms with Crippen molar-refractivity contribution < 1.29 is 19.0 Å². The lowest BCUT2D eigenvalue weighted by atomic mass is 10.2. The van der Waals surface area contributed by atoms with Crippen LogP contribution in [-0.4, -0.2) is 13.1 Å². The average molecular weight is 334 g/mol. The van der Waals surface area contributed by atoms with E-state index in [2.05, 4.69) is 0 Å². The Balaban J connectivity index is 1.61. The quantitative estimate of drug-likeness (QED) is 0.492. The Morgan fingerprint density at radius 1 is 0.800 bits per heavy atom. The minimum atomic E-state index is -0.463. The molecule has 0 amide bonds. The van der Waals surface area contributed by atoms with Gasteiger partial charge in [-0.15, -0.1) is 0 Å². The summed E-state index contributed by atoms with van der Waals surface area (Å²) in [5.74, 6) is 1.18. The van der Waals surface area contributed by atoms with Gasteiger partial charge in [0.05, 0.1) is 7.11 Å². The number of hydrogen-bond donors (Lipinski definition) is 0. The molecule has 126 valence electrons. The van der Waals surface area contributed by atoms with E-state index in [-0.39, 0.29) is 0 Å². The first-order valence-corrected chi connectivity index (χ1v) is 7.88. The molecule has 0 bridgehead atoms. The summed E-state index contributed by atoms with van der Waals surface area (Å²) in [6, 6.07) is 23.8. The van der Waals surface area contributed by atoms with Gasteiger partial charge in [-0.25, -0.2) is 4.79 Å². The van der Waals surface area contributed by atoms with Gasteiger partial charge in [-0.1, -0.05) is 42.5 Å². The van der Waals surface area contributed by atoms with Crippen molar-refractivity contribution in [3.8, 4) is 17.2 Å². The molecule has 0 radical (unpaired) electrons. The van der Waals surface area contributed by atoms with E-state index in [1.54, 1.807) is 48.5 Å². The molecule has 0 aliphatic carbocycles. The van der Waals surface area contributed by atoms with Gasteiger partial charge in [-0.2, -0.15) is 0 Å². The molecule has 0 saturated heterocycles. The third-order valence-corrected chi connectivity index (χ3v) is 3.61. The molecule has 4 nitrogen and oxygen atoms in total. The van der Waals surface area contributed by atoms with Crippen LogP contribution in [-0.2, 0) is 6.61 Å². The minimum Gasteiger partial charge on any atom is -0.496 e. The highest BCUT2D eigenvalue weighted by atomic mass is 16.5. The average Bonchev–Trinajstić information content (AvgIpc) is 2.68. The molecule has 3 aromatic rings. The number of ether oxygens (including phenoxy) is 3. The van der Waals surface area contributed by atoms with Gasteiger partial charge in [0.25, 0.3) is 0 Å². The number of benzene rings is 3. The molecule has 0 unspecified atom stereocenters. The molecule has 0 heterocycles. The van der Waals surface area contributed by atoms with Gasteiger partial charge in [-0.05, 0) is 42.0 Å². The predicted molar refractivity (Wildman–Crippen MR) is 95.2 cm³/mol. The number of methoxy groups -OCH3 is 1. The fourth-order valence-electron chi connectivity index (χ4n) is 2.32. The molecule has 25 heavy (non-hydrogen) atoms. The second kappa shape index (κ2) is 8.02. The smallest absolute Gasteiger partial charge is 0.347 e. The molecule has 0 atom stereocenters. The van der Waals surface area contributed by atoms with Gasteiger partial charge >= 0.3 is 5.97 Å². The zero-order valence-electron chi connectivity index (χ0n) is 13.8. The van der Waals surface area contributed by atoms with E-state index in [9.17, 15) is 4.79 Å². The zero-order chi connectivity index (χ0) is 17.5. The van der Waals surface area contributed by atoms with Gasteiger partial charge in [-0.3, -0.25) is 0 Å². The summed E-state index contributed by atoms with van der Waals surface area (Å²) in [5, 5.41) is 0. The Kier molecular flexibility index (Phi) is 5.32. The van der Waals surface area contributed by atoms with E-state index >= 15 is 0 Å². The monoisotopic (exact) mass is 334 g/mol. The fourth-order valence-corrected chi connectivity index (χ4v) is 2.32. The summed E-state index contributed by atoms with van der Waals surface area (Å²) in [6.45, 7) is 0.487. The molecule has 0 aliphatic rings. The summed E-state index contributed by atoms with van der Waals surface area (Å²) in [5.41, 5.74) is 1.48. The van der Waals surface area contributed by atoms with Crippen molar-refractivity contribution in [2.45, 2.75) is 6.61 Å². The largest absolute Gasteiger partial charge is 0.496 e. The molecule has 3 rings (SSSR count). The van der Waals surface area contributed by atoms with E-state index in [0.29, 0.717) is 29.4 Å². The Bertz CT molecular complexity index is 826. The molecule has 0 aromatic heterocycles. The van der Waals surface area contributed by atoms with Crippen LogP contribution in [0.2, 0.25) is 0 Å². The lowest BCUT2D eigenvalue weighted by molar-refractivity contribution is 0.0731. The number of para-hydroxylation sites is 1. The van der Waals surface area contributed by atoms with E-state index in [4.69, 9.17) is 14.2 Å². The van der Waals surface area contributed by atoms with Crippen LogP contribution in [0.4, 0.5) is 0 Å². The fraction of sp³-hybridized carbons (Fsp3) is 0.0952. The van der Waals surface area contributed by atoms with Crippen molar-refractivity contribution in [3.63, 3.8) is 0 Å². The van der Waals surface area contributed by atoms with Gasteiger partial charge < -0.3 is 14.2 Å². The second-order valence-corrected chi connectivity index (χ2v) is 5.34. The Hall–Kier alpha value is -3.27. The highest BCUT2D eigenvalue weighted by Gasteiger charge is 2.13. The summed E-state index contributed by atoms with van der Waals surface area (Å²) < 4.78 is 16.3. The first-order chi connectivity index (χ1) is 12.3. The molecule has 0 saturated carbocycles. The van der Waals surface area contributed by atoms with Gasteiger partial charge in [0.2, 0.25) is 0 Å². The second-order valence-electron chi connectivity index (χ2n) is 5.34. The number of hydrogen-bond acceptors (Lipinski definition) is 4. The normalized spacial score (nSPS) is 10.1. The van der Waals surface area contributed by atoms with E-state index in [0.717, 1.165) is 5.56 Å². The maximum absolute atomic E-state index is 12.3. The highest BCUT2D eigenvalue weighted by molar-refractivity contribution is 5.93. The third-order valence-electron chi connectivity index (χ3n) is 3.61. The Labute approximate surface area is 146 Å². The van der Waals surface area contributed by atoms with Crippen molar-refractivity contribution >= 4 is 5.97 Å². The van der Waals surface area contributed by atoms with Crippen molar-refractivity contribution in [2.75, 3.05) is 7.11 Å². The number of carbonyl (C=O) groups is 1. The van der Waals surface area contributed by atoms with Crippen LogP contribution < -0.4 is 14.2 Å². The lowest BCUT2D eigenvalue weighted by Crippen LogP contribution is -2.10. The van der Waals surface area contributed by atoms with Gasteiger partial charge in [0.1, 0.15) is 29.4 Å². The van der Waals surface area contributed by atoms with Crippen LogP contribution in [0, 0.1) is 0 Å². The molecule has 0 aliphatic heterocycles. The van der Waals surface area contributed by atoms with Crippen molar-refractivity contribution in [1.29, 1.82) is 0 Å². The zero-order valence-corrected chi connectivity index (χ0v) is 13.8. The van der Waals surface area contributed by atoms with Crippen molar-refractivity contribution in [2.24, 2.45) is 0 Å². The Morgan fingerprint density at radius 2 is 1.44 bits per heavy atom. The van der Waals surface area contributed by atoms with E-state index in [1.807, 2.05) is 30.3 Å². The first kappa shape index (κ1) is 16.6. The van der Waals surface area contributed by atoms with Crippen LogP contribution in [0.15, 0.2) is 78.9 Å². The standard InChI is InChI=1S/C21H18O4/c1-23-20-10-6-5-9-19(20)21(22)25-18-13-11-17(12-14-18)24-15-16-7-3-2-4-8-16/h2-14H,15H2,1H3. The van der Waals surface area contributed by atoms with Crippen LogP contribution >= 0.6 is 0 Å². The summed E-state index contributed by atoms with van der Waals surface area (Å²) in [6.07, 6.45) is 0. The van der Waals surface area contributed by atoms with Crippen molar-refractivity contribution in [3.05, 3.63) is 90.0 Å². The summed E-state index contributed by atoms with van der Waals surface area (Å²) in [7, 11) is 1.52. The molecule has 0 fully saturated rings. The lowest BCUT2D eigenvalue weighted by Gasteiger charge is -2.09. The predicted octanol–water partition coefficient (Wildman–Crippen LogP) is 4.49. The molecular formula is C21H18O4. The molecular weight excluding hydrogens is 316 g/mol. The maximum Gasteiger partial charge on any atom is 0.347 e.